The van der Waals surface area contributed by atoms with Crippen LogP contribution < -0.4 is 5.32 Å². The van der Waals surface area contributed by atoms with Crippen LogP contribution >= 0.6 is 0 Å². The standard InChI is InChI=1S/C19H19F4N5O4/c20-14-2-1-11(5-13(14)19(21,22)23)24-18(31)26-4-3-15-12(8-26)16-17(30)28(32)7-10(9-29)6-27(16)25-15/h1-2,5,10,29,32H,3-4,6-9H2,(H,24,31). The van der Waals surface area contributed by atoms with E-state index < -0.39 is 35.4 Å². The van der Waals surface area contributed by atoms with E-state index in [4.69, 9.17) is 0 Å². The van der Waals surface area contributed by atoms with Crippen LogP contribution in [0.25, 0.3) is 0 Å². The second-order valence-corrected chi connectivity index (χ2v) is 7.69. The summed E-state index contributed by atoms with van der Waals surface area (Å²) in [6.07, 6.45) is -4.63. The molecule has 172 valence electrons. The van der Waals surface area contributed by atoms with Crippen molar-refractivity contribution in [3.63, 3.8) is 0 Å². The number of nitrogens with zero attached hydrogens (tertiary/aromatic N) is 4. The highest BCUT2D eigenvalue weighted by atomic mass is 19.4. The number of aliphatic hydroxyl groups is 1. The van der Waals surface area contributed by atoms with Crippen LogP contribution in [-0.4, -0.2) is 61.7 Å². The summed E-state index contributed by atoms with van der Waals surface area (Å²) in [5.74, 6) is -2.59. The molecule has 0 bridgehead atoms. The Morgan fingerprint density at radius 3 is 2.72 bits per heavy atom. The average Bonchev–Trinajstić information content (AvgIpc) is 3.04. The van der Waals surface area contributed by atoms with Crippen molar-refractivity contribution in [3.8, 4) is 0 Å². The van der Waals surface area contributed by atoms with Crippen molar-refractivity contribution in [1.82, 2.24) is 19.7 Å². The molecule has 0 fully saturated rings. The fourth-order valence-corrected chi connectivity index (χ4v) is 3.86. The molecule has 2 aromatic rings. The number of alkyl halides is 3. The van der Waals surface area contributed by atoms with Crippen LogP contribution in [0.1, 0.15) is 27.3 Å². The molecule has 13 heteroatoms. The van der Waals surface area contributed by atoms with Crippen molar-refractivity contribution >= 4 is 17.6 Å². The number of carbonyl (C=O) groups excluding carboxylic acids is 2. The topological polar surface area (TPSA) is 111 Å². The molecular weight excluding hydrogens is 438 g/mol. The third-order valence-corrected chi connectivity index (χ3v) is 5.47. The number of fused-ring (bicyclic) bond motifs is 3. The van der Waals surface area contributed by atoms with Gasteiger partial charge >= 0.3 is 12.2 Å². The van der Waals surface area contributed by atoms with Crippen LogP contribution in [0.2, 0.25) is 0 Å². The minimum absolute atomic E-state index is 0.0623. The van der Waals surface area contributed by atoms with E-state index in [1.54, 1.807) is 0 Å². The zero-order valence-electron chi connectivity index (χ0n) is 16.6. The Morgan fingerprint density at radius 2 is 2.03 bits per heavy atom. The zero-order chi connectivity index (χ0) is 23.2. The number of hydroxylamine groups is 2. The lowest BCUT2D eigenvalue weighted by molar-refractivity contribution is -0.139. The van der Waals surface area contributed by atoms with Gasteiger partial charge in [0.2, 0.25) is 0 Å². The molecule has 0 radical (unpaired) electrons. The van der Waals surface area contributed by atoms with Gasteiger partial charge in [0.15, 0.2) is 0 Å². The number of aromatic nitrogens is 2. The molecule has 1 aromatic heterocycles. The lowest BCUT2D eigenvalue weighted by atomic mass is 10.1. The third-order valence-electron chi connectivity index (χ3n) is 5.47. The van der Waals surface area contributed by atoms with Crippen molar-refractivity contribution < 1.29 is 37.5 Å². The Hall–Kier alpha value is -3.19. The zero-order valence-corrected chi connectivity index (χ0v) is 16.6. The van der Waals surface area contributed by atoms with E-state index >= 15 is 0 Å². The average molecular weight is 457 g/mol. The van der Waals surface area contributed by atoms with Crippen LogP contribution in [0.15, 0.2) is 18.2 Å². The Labute approximate surface area is 178 Å². The number of hydrogen-bond donors (Lipinski definition) is 3. The highest BCUT2D eigenvalue weighted by molar-refractivity contribution is 5.94. The summed E-state index contributed by atoms with van der Waals surface area (Å²) < 4.78 is 53.6. The first-order valence-corrected chi connectivity index (χ1v) is 9.71. The molecule has 1 atom stereocenters. The largest absolute Gasteiger partial charge is 0.419 e. The minimum Gasteiger partial charge on any atom is -0.396 e. The van der Waals surface area contributed by atoms with Crippen LogP contribution in [0.5, 0.6) is 0 Å². The number of benzene rings is 1. The number of aliphatic hydroxyl groups excluding tert-OH is 1. The van der Waals surface area contributed by atoms with E-state index in [1.807, 2.05) is 0 Å². The molecule has 0 saturated carbocycles. The molecule has 0 aliphatic carbocycles. The van der Waals surface area contributed by atoms with E-state index in [-0.39, 0.29) is 50.6 Å². The van der Waals surface area contributed by atoms with Gasteiger partial charge < -0.3 is 15.3 Å². The fourth-order valence-electron chi connectivity index (χ4n) is 3.86. The second-order valence-electron chi connectivity index (χ2n) is 7.69. The molecule has 3 amide bonds. The van der Waals surface area contributed by atoms with E-state index in [1.165, 1.54) is 9.58 Å². The molecule has 9 nitrogen and oxygen atoms in total. The number of halogens is 4. The number of rotatable bonds is 2. The highest BCUT2D eigenvalue weighted by Gasteiger charge is 2.36. The van der Waals surface area contributed by atoms with Crippen molar-refractivity contribution in [2.24, 2.45) is 5.92 Å². The SMILES string of the molecule is O=C1c2c3c(nn2CC(CO)CN1O)CCN(C(=O)Nc1ccc(F)c(C(F)(F)F)c1)C3. The summed E-state index contributed by atoms with van der Waals surface area (Å²) >= 11 is 0. The molecule has 0 spiro atoms. The van der Waals surface area contributed by atoms with E-state index in [9.17, 15) is 37.5 Å². The molecule has 3 heterocycles. The smallest absolute Gasteiger partial charge is 0.396 e. The summed E-state index contributed by atoms with van der Waals surface area (Å²) in [6.45, 7) is -0.0237. The number of nitrogens with one attached hydrogen (secondary N) is 1. The van der Waals surface area contributed by atoms with Crippen LogP contribution in [-0.2, 0) is 25.7 Å². The number of urea groups is 1. The van der Waals surface area contributed by atoms with Crippen molar-refractivity contribution in [2.45, 2.75) is 25.7 Å². The first-order valence-electron chi connectivity index (χ1n) is 9.71. The quantitative estimate of drug-likeness (QED) is 0.473. The Balaban J connectivity index is 1.56. The molecule has 1 aromatic carbocycles. The molecule has 4 rings (SSSR count). The summed E-state index contributed by atoms with van der Waals surface area (Å²) in [7, 11) is 0. The van der Waals surface area contributed by atoms with Gasteiger partial charge in [-0.25, -0.2) is 14.2 Å². The summed E-state index contributed by atoms with van der Waals surface area (Å²) in [6, 6.07) is 1.42. The van der Waals surface area contributed by atoms with Crippen molar-refractivity contribution in [1.29, 1.82) is 0 Å². The molecule has 0 saturated heterocycles. The molecule has 2 aliphatic rings. The van der Waals surface area contributed by atoms with Gasteiger partial charge in [0.05, 0.1) is 24.3 Å². The normalized spacial score (nSPS) is 18.8. The van der Waals surface area contributed by atoms with Crippen molar-refractivity contribution in [2.75, 3.05) is 25.0 Å². The van der Waals surface area contributed by atoms with Gasteiger partial charge in [0.1, 0.15) is 11.5 Å². The Kier molecular flexibility index (Phi) is 5.54. The van der Waals surface area contributed by atoms with Crippen LogP contribution in [0.3, 0.4) is 0 Å². The lowest BCUT2D eigenvalue weighted by Crippen LogP contribution is -2.40. The van der Waals surface area contributed by atoms with Crippen LogP contribution in [0.4, 0.5) is 28.0 Å². The fraction of sp³-hybridized carbons (Fsp3) is 0.421. The van der Waals surface area contributed by atoms with Gasteiger partial charge in [-0.05, 0) is 18.2 Å². The molecular formula is C19H19F4N5O4. The maximum atomic E-state index is 13.5. The van der Waals surface area contributed by atoms with Gasteiger partial charge in [0.25, 0.3) is 5.91 Å². The lowest BCUT2D eigenvalue weighted by Gasteiger charge is -2.27. The van der Waals surface area contributed by atoms with E-state index in [0.717, 1.165) is 6.07 Å². The maximum Gasteiger partial charge on any atom is 0.419 e. The molecule has 32 heavy (non-hydrogen) atoms. The van der Waals surface area contributed by atoms with E-state index in [2.05, 4.69) is 10.4 Å². The molecule has 3 N–H and O–H groups in total. The van der Waals surface area contributed by atoms with Crippen LogP contribution in [0, 0.1) is 11.7 Å². The highest BCUT2D eigenvalue weighted by Crippen LogP contribution is 2.33. The first-order chi connectivity index (χ1) is 15.1. The van der Waals surface area contributed by atoms with Gasteiger partial charge in [-0.1, -0.05) is 0 Å². The van der Waals surface area contributed by atoms with Crippen molar-refractivity contribution in [3.05, 3.63) is 46.5 Å². The summed E-state index contributed by atoms with van der Waals surface area (Å²) in [5, 5.41) is 26.7. The molecule has 1 unspecified atom stereocenters. The number of anilines is 1. The first kappa shape index (κ1) is 22.0. The summed E-state index contributed by atoms with van der Waals surface area (Å²) in [4.78, 5) is 26.6. The molecule has 2 aliphatic heterocycles. The second kappa shape index (κ2) is 8.06. The van der Waals surface area contributed by atoms with Gasteiger partial charge in [0, 0.05) is 43.3 Å². The predicted octanol–water partition coefficient (Wildman–Crippen LogP) is 2.08. The number of amides is 3. The van der Waals surface area contributed by atoms with Gasteiger partial charge in [-0.3, -0.25) is 14.7 Å². The maximum absolute atomic E-state index is 13.5. The summed E-state index contributed by atoms with van der Waals surface area (Å²) in [5.41, 5.74) is -0.649. The predicted molar refractivity (Wildman–Crippen MR) is 100 cm³/mol. The van der Waals surface area contributed by atoms with E-state index in [0.29, 0.717) is 28.5 Å². The van der Waals surface area contributed by atoms with Gasteiger partial charge in [-0.2, -0.15) is 18.3 Å². The Morgan fingerprint density at radius 1 is 1.28 bits per heavy atom. The minimum atomic E-state index is -4.91. The number of carbonyl (C=O) groups is 2. The third kappa shape index (κ3) is 4.00. The monoisotopic (exact) mass is 457 g/mol. The Bertz CT molecular complexity index is 1070. The number of hydrogen-bond acceptors (Lipinski definition) is 5. The van der Waals surface area contributed by atoms with Gasteiger partial charge in [-0.15, -0.1) is 0 Å².